The monoisotopic (exact) mass is 357 g/mol. The van der Waals surface area contributed by atoms with E-state index in [4.69, 9.17) is 11.6 Å². The molecular formula is C20H24ClN3O. The zero-order chi connectivity index (χ0) is 17.4. The molecule has 3 atom stereocenters. The lowest BCUT2D eigenvalue weighted by molar-refractivity contribution is -0.124. The second-order valence-corrected chi connectivity index (χ2v) is 8.15. The standard InChI is InChI=1S/C20H24ClN3O/c21-16-2-1-3-17(12-16)23-8-6-14(7-9-23)20(25)11-15-10-18-4-5-19(15)24(18)13-22/h1-3,12,14-15,18-19H,4-11H2/t15-,18-,19+/m0/s1. The molecular weight excluding hydrogens is 334 g/mol. The zero-order valence-electron chi connectivity index (χ0n) is 14.4. The summed E-state index contributed by atoms with van der Waals surface area (Å²) in [6.07, 6.45) is 8.10. The van der Waals surface area contributed by atoms with Gasteiger partial charge in [0.1, 0.15) is 5.78 Å². The molecule has 5 heteroatoms. The first kappa shape index (κ1) is 16.7. The van der Waals surface area contributed by atoms with E-state index in [0.717, 1.165) is 55.9 Å². The molecule has 3 fully saturated rings. The molecule has 0 unspecified atom stereocenters. The van der Waals surface area contributed by atoms with E-state index in [1.807, 2.05) is 23.1 Å². The second-order valence-electron chi connectivity index (χ2n) is 7.71. The van der Waals surface area contributed by atoms with Gasteiger partial charge >= 0.3 is 0 Å². The van der Waals surface area contributed by atoms with Crippen LogP contribution in [0.2, 0.25) is 5.02 Å². The van der Waals surface area contributed by atoms with Gasteiger partial charge in [0.05, 0.1) is 0 Å². The number of ketones is 1. The molecule has 3 heterocycles. The molecule has 4 rings (SSSR count). The third-order valence-corrected chi connectivity index (χ3v) is 6.60. The smallest absolute Gasteiger partial charge is 0.179 e. The van der Waals surface area contributed by atoms with Crippen LogP contribution in [0.3, 0.4) is 0 Å². The predicted octanol–water partition coefficient (Wildman–Crippen LogP) is 3.85. The van der Waals surface area contributed by atoms with Crippen molar-refractivity contribution in [3.63, 3.8) is 0 Å². The van der Waals surface area contributed by atoms with Gasteiger partial charge in [0.2, 0.25) is 0 Å². The number of fused-ring (bicyclic) bond motifs is 2. The molecule has 2 bridgehead atoms. The Kier molecular flexibility index (Phi) is 4.60. The maximum Gasteiger partial charge on any atom is 0.179 e. The topological polar surface area (TPSA) is 47.3 Å². The number of halogens is 1. The van der Waals surface area contributed by atoms with Crippen molar-refractivity contribution in [1.82, 2.24) is 4.90 Å². The second kappa shape index (κ2) is 6.88. The van der Waals surface area contributed by atoms with Crippen molar-refractivity contribution in [3.8, 4) is 6.19 Å². The fourth-order valence-corrected chi connectivity index (χ4v) is 5.23. The van der Waals surface area contributed by atoms with Gasteiger partial charge in [0.15, 0.2) is 6.19 Å². The average Bonchev–Trinajstić information content (AvgIpc) is 3.18. The van der Waals surface area contributed by atoms with Crippen LogP contribution in [0.4, 0.5) is 5.69 Å². The fraction of sp³-hybridized carbons (Fsp3) is 0.600. The number of benzene rings is 1. The Morgan fingerprint density at radius 1 is 1.24 bits per heavy atom. The van der Waals surface area contributed by atoms with Gasteiger partial charge in [-0.3, -0.25) is 4.79 Å². The van der Waals surface area contributed by atoms with Crippen molar-refractivity contribution in [2.45, 2.75) is 50.6 Å². The van der Waals surface area contributed by atoms with Crippen LogP contribution in [-0.4, -0.2) is 35.9 Å². The maximum absolute atomic E-state index is 12.8. The molecule has 3 saturated heterocycles. The number of anilines is 1. The molecule has 0 radical (unpaired) electrons. The summed E-state index contributed by atoms with van der Waals surface area (Å²) in [5, 5.41) is 10.0. The number of hydrogen-bond acceptors (Lipinski definition) is 4. The van der Waals surface area contributed by atoms with E-state index in [2.05, 4.69) is 17.2 Å². The molecule has 3 aliphatic heterocycles. The lowest BCUT2D eigenvalue weighted by Crippen LogP contribution is -2.37. The van der Waals surface area contributed by atoms with E-state index < -0.39 is 0 Å². The molecule has 25 heavy (non-hydrogen) atoms. The molecule has 1 aromatic carbocycles. The van der Waals surface area contributed by atoms with E-state index in [0.29, 0.717) is 30.2 Å². The van der Waals surface area contributed by atoms with Gasteiger partial charge in [-0.2, -0.15) is 5.26 Å². The highest BCUT2D eigenvalue weighted by Gasteiger charge is 2.46. The van der Waals surface area contributed by atoms with E-state index in [1.54, 1.807) is 0 Å². The third-order valence-electron chi connectivity index (χ3n) is 6.37. The van der Waals surface area contributed by atoms with Crippen molar-refractivity contribution in [1.29, 1.82) is 5.26 Å². The van der Waals surface area contributed by atoms with Crippen LogP contribution in [0.5, 0.6) is 0 Å². The third kappa shape index (κ3) is 3.22. The first-order chi connectivity index (χ1) is 12.2. The van der Waals surface area contributed by atoms with Gasteiger partial charge in [-0.25, -0.2) is 0 Å². The number of rotatable bonds is 4. The molecule has 0 aliphatic carbocycles. The van der Waals surface area contributed by atoms with Crippen LogP contribution in [0.1, 0.15) is 38.5 Å². The van der Waals surface area contributed by atoms with Crippen LogP contribution >= 0.6 is 11.6 Å². The number of carbonyl (C=O) groups excluding carboxylic acids is 1. The lowest BCUT2D eigenvalue weighted by Gasteiger charge is -2.33. The Morgan fingerprint density at radius 2 is 2.04 bits per heavy atom. The number of piperidine rings is 1. The summed E-state index contributed by atoms with van der Waals surface area (Å²) >= 11 is 6.09. The number of Topliss-reactive ketones (excluding diaryl/α,β-unsaturated/α-hetero) is 1. The van der Waals surface area contributed by atoms with Crippen molar-refractivity contribution in [2.75, 3.05) is 18.0 Å². The molecule has 1 aromatic rings. The van der Waals surface area contributed by atoms with Crippen LogP contribution < -0.4 is 4.90 Å². The number of carbonyl (C=O) groups is 1. The van der Waals surface area contributed by atoms with E-state index in [-0.39, 0.29) is 5.92 Å². The molecule has 3 aliphatic rings. The molecule has 4 nitrogen and oxygen atoms in total. The van der Waals surface area contributed by atoms with E-state index in [1.165, 1.54) is 0 Å². The van der Waals surface area contributed by atoms with Gasteiger partial charge in [-0.1, -0.05) is 17.7 Å². The Hall–Kier alpha value is -1.73. The number of hydrogen-bond donors (Lipinski definition) is 0. The molecule has 0 aromatic heterocycles. The summed E-state index contributed by atoms with van der Waals surface area (Å²) in [4.78, 5) is 17.1. The zero-order valence-corrected chi connectivity index (χ0v) is 15.2. The Bertz CT molecular complexity index is 692. The quantitative estimate of drug-likeness (QED) is 0.768. The van der Waals surface area contributed by atoms with E-state index in [9.17, 15) is 10.1 Å². The minimum Gasteiger partial charge on any atom is -0.371 e. The highest BCUT2D eigenvalue weighted by Crippen LogP contribution is 2.43. The normalized spacial score (nSPS) is 29.0. The summed E-state index contributed by atoms with van der Waals surface area (Å²) in [5.74, 6) is 1.00. The van der Waals surface area contributed by atoms with Crippen molar-refractivity contribution in [3.05, 3.63) is 29.3 Å². The fourth-order valence-electron chi connectivity index (χ4n) is 5.05. The summed E-state index contributed by atoms with van der Waals surface area (Å²) < 4.78 is 0. The Labute approximate surface area is 154 Å². The summed E-state index contributed by atoms with van der Waals surface area (Å²) in [7, 11) is 0. The van der Waals surface area contributed by atoms with Crippen LogP contribution in [-0.2, 0) is 4.79 Å². The van der Waals surface area contributed by atoms with E-state index >= 15 is 0 Å². The SMILES string of the molecule is N#CN1[C@H]2CC[C@@H]1[C@H](CC(=O)C1CCN(c3cccc(Cl)c3)CC1)C2. The van der Waals surface area contributed by atoms with Crippen molar-refractivity contribution in [2.24, 2.45) is 11.8 Å². The minimum absolute atomic E-state index is 0.185. The van der Waals surface area contributed by atoms with Crippen molar-refractivity contribution >= 4 is 23.1 Å². The van der Waals surface area contributed by atoms with Crippen molar-refractivity contribution < 1.29 is 4.79 Å². The first-order valence-corrected chi connectivity index (χ1v) is 9.75. The Balaban J connectivity index is 1.31. The van der Waals surface area contributed by atoms with Gasteiger partial charge in [0, 0.05) is 48.2 Å². The summed E-state index contributed by atoms with van der Waals surface area (Å²) in [6, 6.07) is 8.67. The number of nitriles is 1. The van der Waals surface area contributed by atoms with Gasteiger partial charge in [-0.15, -0.1) is 0 Å². The largest absolute Gasteiger partial charge is 0.371 e. The molecule has 0 spiro atoms. The van der Waals surface area contributed by atoms with Gasteiger partial charge in [-0.05, 0) is 56.2 Å². The van der Waals surface area contributed by atoms with Crippen LogP contribution in [0, 0.1) is 23.3 Å². The molecule has 132 valence electrons. The summed E-state index contributed by atoms with van der Waals surface area (Å²) in [6.45, 7) is 1.83. The average molecular weight is 358 g/mol. The Morgan fingerprint density at radius 3 is 2.72 bits per heavy atom. The van der Waals surface area contributed by atoms with Crippen LogP contribution in [0.15, 0.2) is 24.3 Å². The van der Waals surface area contributed by atoms with Gasteiger partial charge in [0.25, 0.3) is 0 Å². The highest BCUT2D eigenvalue weighted by atomic mass is 35.5. The molecule has 0 amide bonds. The highest BCUT2D eigenvalue weighted by molar-refractivity contribution is 6.30. The molecule has 0 saturated carbocycles. The maximum atomic E-state index is 12.8. The van der Waals surface area contributed by atoms with Gasteiger partial charge < -0.3 is 9.80 Å². The minimum atomic E-state index is 0.185. The van der Waals surface area contributed by atoms with Crippen LogP contribution in [0.25, 0.3) is 0 Å². The molecule has 0 N–H and O–H groups in total. The first-order valence-electron chi connectivity index (χ1n) is 9.37. The summed E-state index contributed by atoms with van der Waals surface area (Å²) in [5.41, 5.74) is 1.15. The predicted molar refractivity (Wildman–Crippen MR) is 98.4 cm³/mol. The lowest BCUT2D eigenvalue weighted by atomic mass is 9.81. The number of nitrogens with zero attached hydrogens (tertiary/aromatic N) is 3.